The Balaban J connectivity index is 2.11. The zero-order valence-electron chi connectivity index (χ0n) is 9.67. The lowest BCUT2D eigenvalue weighted by Gasteiger charge is -2.16. The van der Waals surface area contributed by atoms with Crippen molar-refractivity contribution in [2.24, 2.45) is 0 Å². The van der Waals surface area contributed by atoms with Crippen molar-refractivity contribution in [3.05, 3.63) is 35.1 Å². The van der Waals surface area contributed by atoms with Crippen molar-refractivity contribution in [2.45, 2.75) is 37.6 Å². The van der Waals surface area contributed by atoms with Crippen LogP contribution >= 0.6 is 11.6 Å². The fourth-order valence-corrected chi connectivity index (χ4v) is 2.48. The van der Waals surface area contributed by atoms with Gasteiger partial charge in [0.25, 0.3) is 5.91 Å². The van der Waals surface area contributed by atoms with E-state index in [1.165, 1.54) is 6.07 Å². The second-order valence-corrected chi connectivity index (χ2v) is 5.07. The highest BCUT2D eigenvalue weighted by Gasteiger charge is 2.27. The molecular weight excluding hydrogens is 241 g/mol. The third-order valence-corrected chi connectivity index (χ3v) is 3.64. The molecule has 0 spiro atoms. The van der Waals surface area contributed by atoms with Crippen LogP contribution < -0.4 is 5.32 Å². The first-order valence-electron chi connectivity index (χ1n) is 5.79. The van der Waals surface area contributed by atoms with Crippen LogP contribution in [0.25, 0.3) is 0 Å². The van der Waals surface area contributed by atoms with Crippen LogP contribution in [0.3, 0.4) is 0 Å². The lowest BCUT2D eigenvalue weighted by Crippen LogP contribution is -2.38. The summed E-state index contributed by atoms with van der Waals surface area (Å²) in [7, 11) is 0. The summed E-state index contributed by atoms with van der Waals surface area (Å²) in [6, 6.07) is 4.48. The topological polar surface area (TPSA) is 29.1 Å². The number of hydrogen-bond donors (Lipinski definition) is 1. The van der Waals surface area contributed by atoms with E-state index >= 15 is 0 Å². The minimum absolute atomic E-state index is 0.0354. The minimum atomic E-state index is -0.489. The molecule has 1 aromatic rings. The summed E-state index contributed by atoms with van der Waals surface area (Å²) < 4.78 is 13.5. The predicted molar refractivity (Wildman–Crippen MR) is 65.9 cm³/mol. The second kappa shape index (κ2) is 5.05. The molecule has 0 saturated heterocycles. The molecule has 1 aliphatic rings. The van der Waals surface area contributed by atoms with Crippen LogP contribution in [-0.2, 0) is 0 Å². The van der Waals surface area contributed by atoms with Crippen LogP contribution in [0.5, 0.6) is 0 Å². The summed E-state index contributed by atoms with van der Waals surface area (Å²) in [5.74, 6) is -0.860. The molecule has 4 heteroatoms. The molecule has 1 N–H and O–H groups in total. The number of aryl methyl sites for hydroxylation is 1. The van der Waals surface area contributed by atoms with Gasteiger partial charge in [0.15, 0.2) is 0 Å². The molecular formula is C13H15ClFNO. The first-order valence-corrected chi connectivity index (χ1v) is 6.22. The summed E-state index contributed by atoms with van der Waals surface area (Å²) in [6.45, 7) is 1.83. The Bertz CT molecular complexity index is 435. The van der Waals surface area contributed by atoms with Gasteiger partial charge in [-0.3, -0.25) is 4.79 Å². The first kappa shape index (κ1) is 12.4. The van der Waals surface area contributed by atoms with Crippen LogP contribution in [0, 0.1) is 12.7 Å². The summed E-state index contributed by atoms with van der Waals surface area (Å²) in [6.07, 6.45) is 2.78. The number of carbonyl (C=O) groups is 1. The third kappa shape index (κ3) is 2.78. The van der Waals surface area contributed by atoms with Gasteiger partial charge in [0.2, 0.25) is 0 Å². The van der Waals surface area contributed by atoms with E-state index in [4.69, 9.17) is 11.6 Å². The molecule has 0 aliphatic heterocycles. The molecule has 1 fully saturated rings. The van der Waals surface area contributed by atoms with Crippen LogP contribution in [0.4, 0.5) is 4.39 Å². The normalized spacial score (nSPS) is 23.7. The van der Waals surface area contributed by atoms with Gasteiger partial charge >= 0.3 is 0 Å². The molecule has 0 radical (unpaired) electrons. The van der Waals surface area contributed by atoms with E-state index in [0.29, 0.717) is 0 Å². The smallest absolute Gasteiger partial charge is 0.254 e. The molecule has 0 bridgehead atoms. The van der Waals surface area contributed by atoms with E-state index in [1.54, 1.807) is 12.1 Å². The molecule has 2 nitrogen and oxygen atoms in total. The van der Waals surface area contributed by atoms with Crippen LogP contribution in [-0.4, -0.2) is 17.3 Å². The second-order valence-electron chi connectivity index (χ2n) is 4.51. The molecule has 92 valence electrons. The van der Waals surface area contributed by atoms with Gasteiger partial charge in [-0.2, -0.15) is 0 Å². The first-order chi connectivity index (χ1) is 8.08. The van der Waals surface area contributed by atoms with Crippen molar-refractivity contribution < 1.29 is 9.18 Å². The third-order valence-electron chi connectivity index (χ3n) is 3.11. The van der Waals surface area contributed by atoms with Crippen LogP contribution in [0.15, 0.2) is 18.2 Å². The molecule has 1 aliphatic carbocycles. The molecule has 17 heavy (non-hydrogen) atoms. The maximum atomic E-state index is 13.5. The van der Waals surface area contributed by atoms with Gasteiger partial charge in [-0.15, -0.1) is 11.6 Å². The Morgan fingerprint density at radius 1 is 1.47 bits per heavy atom. The standard InChI is InChI=1S/C13H15ClFNO/c1-8-5-6-11(15)9(7-8)13(17)16-12-4-2-3-10(12)14/h5-7,10,12H,2-4H2,1H3,(H,16,17). The molecule has 2 rings (SSSR count). The van der Waals surface area contributed by atoms with Gasteiger partial charge in [0.1, 0.15) is 5.82 Å². The lowest BCUT2D eigenvalue weighted by molar-refractivity contribution is 0.0934. The summed E-state index contributed by atoms with van der Waals surface area (Å²) in [5.41, 5.74) is 0.964. The van der Waals surface area contributed by atoms with Crippen molar-refractivity contribution in [1.82, 2.24) is 5.32 Å². The van der Waals surface area contributed by atoms with Crippen molar-refractivity contribution >= 4 is 17.5 Å². The summed E-state index contributed by atoms with van der Waals surface area (Å²) >= 11 is 6.07. The highest BCUT2D eigenvalue weighted by molar-refractivity contribution is 6.21. The zero-order chi connectivity index (χ0) is 12.4. The number of rotatable bonds is 2. The van der Waals surface area contributed by atoms with Crippen LogP contribution in [0.2, 0.25) is 0 Å². The molecule has 1 amide bonds. The quantitative estimate of drug-likeness (QED) is 0.809. The van der Waals surface area contributed by atoms with E-state index < -0.39 is 5.82 Å². The van der Waals surface area contributed by atoms with Crippen molar-refractivity contribution in [2.75, 3.05) is 0 Å². The molecule has 1 aromatic carbocycles. The Kier molecular flexibility index (Phi) is 3.67. The van der Waals surface area contributed by atoms with Gasteiger partial charge in [-0.1, -0.05) is 11.6 Å². The highest BCUT2D eigenvalue weighted by Crippen LogP contribution is 2.24. The molecule has 0 heterocycles. The van der Waals surface area contributed by atoms with E-state index in [0.717, 1.165) is 24.8 Å². The van der Waals surface area contributed by atoms with Gasteiger partial charge in [0.05, 0.1) is 10.9 Å². The number of nitrogens with one attached hydrogen (secondary N) is 1. The molecule has 1 saturated carbocycles. The van der Waals surface area contributed by atoms with E-state index in [-0.39, 0.29) is 22.9 Å². The predicted octanol–water partition coefficient (Wildman–Crippen LogP) is 3.02. The largest absolute Gasteiger partial charge is 0.348 e. The summed E-state index contributed by atoms with van der Waals surface area (Å²) in [4.78, 5) is 11.9. The average Bonchev–Trinajstić information content (AvgIpc) is 2.68. The van der Waals surface area contributed by atoms with Crippen molar-refractivity contribution in [3.63, 3.8) is 0 Å². The van der Waals surface area contributed by atoms with Gasteiger partial charge in [-0.05, 0) is 38.3 Å². The van der Waals surface area contributed by atoms with E-state index in [2.05, 4.69) is 5.32 Å². The number of amides is 1. The van der Waals surface area contributed by atoms with Crippen molar-refractivity contribution in [1.29, 1.82) is 0 Å². The highest BCUT2D eigenvalue weighted by atomic mass is 35.5. The number of hydrogen-bond acceptors (Lipinski definition) is 1. The van der Waals surface area contributed by atoms with E-state index in [1.807, 2.05) is 6.92 Å². The Morgan fingerprint density at radius 3 is 2.88 bits per heavy atom. The Labute approximate surface area is 105 Å². The van der Waals surface area contributed by atoms with Crippen molar-refractivity contribution in [3.8, 4) is 0 Å². The van der Waals surface area contributed by atoms with E-state index in [9.17, 15) is 9.18 Å². The summed E-state index contributed by atoms with van der Waals surface area (Å²) in [5, 5.41) is 2.77. The lowest BCUT2D eigenvalue weighted by atomic mass is 10.1. The number of benzene rings is 1. The zero-order valence-corrected chi connectivity index (χ0v) is 10.4. The molecule has 2 unspecified atom stereocenters. The fraction of sp³-hybridized carbons (Fsp3) is 0.462. The SMILES string of the molecule is Cc1ccc(F)c(C(=O)NC2CCCC2Cl)c1. The van der Waals surface area contributed by atoms with Crippen LogP contribution in [0.1, 0.15) is 35.2 Å². The number of alkyl halides is 1. The average molecular weight is 256 g/mol. The molecule has 2 atom stereocenters. The maximum absolute atomic E-state index is 13.5. The Hall–Kier alpha value is -1.09. The molecule has 0 aromatic heterocycles. The van der Waals surface area contributed by atoms with Gasteiger partial charge in [-0.25, -0.2) is 4.39 Å². The number of carbonyl (C=O) groups excluding carboxylic acids is 1. The van der Waals surface area contributed by atoms with Gasteiger partial charge in [0, 0.05) is 6.04 Å². The fourth-order valence-electron chi connectivity index (χ4n) is 2.14. The van der Waals surface area contributed by atoms with Gasteiger partial charge < -0.3 is 5.32 Å². The maximum Gasteiger partial charge on any atom is 0.254 e. The monoisotopic (exact) mass is 255 g/mol. The number of halogens is 2. The Morgan fingerprint density at radius 2 is 2.24 bits per heavy atom. The minimum Gasteiger partial charge on any atom is -0.348 e.